The summed E-state index contributed by atoms with van der Waals surface area (Å²) in [5.74, 6) is -0.945. The van der Waals surface area contributed by atoms with Gasteiger partial charge in [0.15, 0.2) is 13.2 Å². The first-order valence-corrected chi connectivity index (χ1v) is 20.5. The predicted molar refractivity (Wildman–Crippen MR) is 222 cm³/mol. The maximum Gasteiger partial charge on any atom is 0.320 e. The second-order valence-electron chi connectivity index (χ2n) is 15.1. The molecule has 2 fully saturated rings. The lowest BCUT2D eigenvalue weighted by atomic mass is 9.95. The number of piperidine rings is 2. The van der Waals surface area contributed by atoms with Crippen LogP contribution >= 0.6 is 23.2 Å². The van der Waals surface area contributed by atoms with Crippen LogP contribution < -0.4 is 19.3 Å². The number of hydrogen-bond donors (Lipinski definition) is 2. The van der Waals surface area contributed by atoms with Gasteiger partial charge >= 0.3 is 11.9 Å². The van der Waals surface area contributed by atoms with Crippen LogP contribution in [0.15, 0.2) is 72.8 Å². The summed E-state index contributed by atoms with van der Waals surface area (Å²) in [5.41, 5.74) is 5.78. The number of nitrogens with zero attached hydrogens (tertiary/aromatic N) is 4. The molecule has 0 radical (unpaired) electrons. The second kappa shape index (κ2) is 17.0. The lowest BCUT2D eigenvalue weighted by Crippen LogP contribution is -2.49. The number of carboxylic acid groups (broad SMARTS) is 2. The number of rotatable bonds is 11. The van der Waals surface area contributed by atoms with E-state index in [-0.39, 0.29) is 25.0 Å². The van der Waals surface area contributed by atoms with Crippen molar-refractivity contribution < 1.29 is 38.9 Å². The molecule has 2 unspecified atom stereocenters. The van der Waals surface area contributed by atoms with Gasteiger partial charge in [0.1, 0.15) is 23.6 Å². The van der Waals surface area contributed by atoms with Crippen LogP contribution in [0, 0.1) is 0 Å². The van der Waals surface area contributed by atoms with Crippen molar-refractivity contribution in [2.75, 3.05) is 62.3 Å². The van der Waals surface area contributed by atoms with E-state index in [2.05, 4.69) is 0 Å². The summed E-state index contributed by atoms with van der Waals surface area (Å²) in [6.07, 6.45) is 4.83. The third-order valence-electron chi connectivity index (χ3n) is 11.7. The SMILES string of the molecule is O=C(O)C1CCCCN1CCN1C(=O)COc2cc(-c3cccc(-c4cccc(-c5ccc6c(c5)OCC(=O)N6CCN5CCCCC5C(=O)O)c4Cl)c3Cl)ccc21. The first-order valence-electron chi connectivity index (χ1n) is 19.8. The van der Waals surface area contributed by atoms with Gasteiger partial charge in [-0.3, -0.25) is 29.0 Å². The zero-order chi connectivity index (χ0) is 40.5. The lowest BCUT2D eigenvalue weighted by Gasteiger charge is -2.36. The van der Waals surface area contributed by atoms with Crippen molar-refractivity contribution >= 4 is 58.3 Å². The average molecular weight is 828 g/mol. The molecule has 4 heterocycles. The van der Waals surface area contributed by atoms with Gasteiger partial charge < -0.3 is 29.5 Å². The molecule has 8 rings (SSSR count). The third-order valence-corrected chi connectivity index (χ3v) is 12.5. The molecular formula is C44H44Cl2N4O8. The molecule has 12 nitrogen and oxygen atoms in total. The van der Waals surface area contributed by atoms with E-state index in [9.17, 15) is 29.4 Å². The summed E-state index contributed by atoms with van der Waals surface area (Å²) in [5, 5.41) is 20.4. The zero-order valence-corrected chi connectivity index (χ0v) is 33.4. The predicted octanol–water partition coefficient (Wildman–Crippen LogP) is 7.32. The van der Waals surface area contributed by atoms with E-state index < -0.39 is 24.0 Å². The maximum atomic E-state index is 13.0. The molecule has 0 spiro atoms. The Hall–Kier alpha value is -5.14. The number of anilines is 2. The third kappa shape index (κ3) is 7.86. The number of carbonyl (C=O) groups excluding carboxylic acids is 2. The topological polar surface area (TPSA) is 140 Å². The quantitative estimate of drug-likeness (QED) is 0.158. The van der Waals surface area contributed by atoms with Crippen molar-refractivity contribution in [2.45, 2.75) is 50.6 Å². The highest BCUT2D eigenvalue weighted by molar-refractivity contribution is 6.39. The Morgan fingerprint density at radius 1 is 0.586 bits per heavy atom. The van der Waals surface area contributed by atoms with Crippen LogP contribution in [0.5, 0.6) is 11.5 Å². The molecule has 2 saturated heterocycles. The molecule has 302 valence electrons. The van der Waals surface area contributed by atoms with Crippen molar-refractivity contribution in [2.24, 2.45) is 0 Å². The maximum absolute atomic E-state index is 13.0. The van der Waals surface area contributed by atoms with E-state index in [1.165, 1.54) is 0 Å². The van der Waals surface area contributed by atoms with Gasteiger partial charge in [0.25, 0.3) is 11.8 Å². The Balaban J connectivity index is 1.02. The Morgan fingerprint density at radius 3 is 1.41 bits per heavy atom. The number of carboxylic acids is 2. The summed E-state index contributed by atoms with van der Waals surface area (Å²) in [7, 11) is 0. The number of aliphatic carboxylic acids is 2. The Labute approximate surface area is 346 Å². The fourth-order valence-corrected chi connectivity index (χ4v) is 9.37. The number of amides is 2. The number of likely N-dealkylation sites (tertiary alicyclic amines) is 2. The van der Waals surface area contributed by atoms with E-state index in [0.29, 0.717) is 85.0 Å². The fourth-order valence-electron chi connectivity index (χ4n) is 8.69. The molecule has 2 amide bonds. The van der Waals surface area contributed by atoms with Crippen molar-refractivity contribution in [3.05, 3.63) is 82.8 Å². The summed E-state index contributed by atoms with van der Waals surface area (Å²) < 4.78 is 11.8. The van der Waals surface area contributed by atoms with Crippen molar-refractivity contribution in [3.63, 3.8) is 0 Å². The molecule has 14 heteroatoms. The molecule has 0 aliphatic carbocycles. The minimum atomic E-state index is -0.830. The molecule has 4 aliphatic rings. The first kappa shape index (κ1) is 39.7. The first-order chi connectivity index (χ1) is 28.1. The van der Waals surface area contributed by atoms with E-state index in [1.807, 2.05) is 82.6 Å². The average Bonchev–Trinajstić information content (AvgIpc) is 3.23. The molecule has 2 atom stereocenters. The Bertz CT molecular complexity index is 2110. The second-order valence-corrected chi connectivity index (χ2v) is 15.9. The van der Waals surface area contributed by atoms with E-state index in [4.69, 9.17) is 32.7 Å². The summed E-state index contributed by atoms with van der Waals surface area (Å²) in [6, 6.07) is 21.6. The van der Waals surface area contributed by atoms with Crippen LogP contribution in [-0.2, 0) is 19.2 Å². The number of hydrogen-bond acceptors (Lipinski definition) is 8. The molecule has 0 bridgehead atoms. The van der Waals surface area contributed by atoms with Crippen molar-refractivity contribution in [3.8, 4) is 44.9 Å². The van der Waals surface area contributed by atoms with Gasteiger partial charge in [-0.1, -0.05) is 84.6 Å². The van der Waals surface area contributed by atoms with Gasteiger partial charge in [-0.15, -0.1) is 0 Å². The molecule has 0 saturated carbocycles. The number of fused-ring (bicyclic) bond motifs is 2. The number of halogens is 2. The fraction of sp³-hybridized carbons (Fsp3) is 0.364. The van der Waals surface area contributed by atoms with Crippen LogP contribution in [0.1, 0.15) is 38.5 Å². The normalized spacial score (nSPS) is 19.9. The van der Waals surface area contributed by atoms with E-state index >= 15 is 0 Å². The van der Waals surface area contributed by atoms with Crippen LogP contribution in [-0.4, -0.2) is 108 Å². The Kier molecular flexibility index (Phi) is 11.6. The number of carbonyl (C=O) groups is 4. The minimum absolute atomic E-state index is 0.122. The molecule has 2 N–H and O–H groups in total. The number of ether oxygens (including phenoxy) is 2. The van der Waals surface area contributed by atoms with Gasteiger partial charge in [-0.25, -0.2) is 0 Å². The molecule has 58 heavy (non-hydrogen) atoms. The van der Waals surface area contributed by atoms with Crippen LogP contribution in [0.2, 0.25) is 10.0 Å². The van der Waals surface area contributed by atoms with Gasteiger partial charge in [0.2, 0.25) is 0 Å². The van der Waals surface area contributed by atoms with Crippen LogP contribution in [0.25, 0.3) is 33.4 Å². The molecule has 4 aromatic carbocycles. The van der Waals surface area contributed by atoms with Crippen LogP contribution in [0.3, 0.4) is 0 Å². The summed E-state index contributed by atoms with van der Waals surface area (Å²) in [4.78, 5) is 57.0. The van der Waals surface area contributed by atoms with Crippen LogP contribution in [0.4, 0.5) is 11.4 Å². The van der Waals surface area contributed by atoms with Crippen molar-refractivity contribution in [1.29, 1.82) is 0 Å². The van der Waals surface area contributed by atoms with Gasteiger partial charge in [-0.2, -0.15) is 0 Å². The largest absolute Gasteiger partial charge is 0.482 e. The molecular weight excluding hydrogens is 783 g/mol. The Morgan fingerprint density at radius 2 is 1.00 bits per heavy atom. The van der Waals surface area contributed by atoms with E-state index in [0.717, 1.165) is 59.1 Å². The highest BCUT2D eigenvalue weighted by atomic mass is 35.5. The standard InChI is InChI=1S/C44H44Cl2N4O8/c45-41-29(27-13-15-33-37(23-27)57-25-39(51)49(33)21-19-47-17-3-1-11-35(47)43(53)54)7-5-9-31(41)32-10-6-8-30(42(32)46)28-14-16-34-38(24-28)58-26-40(52)50(34)22-20-48-18-4-2-12-36(48)44(55)56/h5-10,13-16,23-24,35-36H,1-4,11-12,17-22,25-26H2,(H,53,54)(H,55,56). The summed E-state index contributed by atoms with van der Waals surface area (Å²) in [6.45, 7) is 2.72. The highest BCUT2D eigenvalue weighted by Gasteiger charge is 2.33. The molecule has 4 aromatic rings. The lowest BCUT2D eigenvalue weighted by molar-refractivity contribution is -0.145. The van der Waals surface area contributed by atoms with E-state index in [1.54, 1.807) is 9.80 Å². The van der Waals surface area contributed by atoms with Crippen molar-refractivity contribution in [1.82, 2.24) is 9.80 Å². The zero-order valence-electron chi connectivity index (χ0n) is 31.9. The van der Waals surface area contributed by atoms with Gasteiger partial charge in [-0.05, 0) is 74.2 Å². The minimum Gasteiger partial charge on any atom is -0.482 e. The smallest absolute Gasteiger partial charge is 0.320 e. The highest BCUT2D eigenvalue weighted by Crippen LogP contribution is 2.45. The monoisotopic (exact) mass is 826 g/mol. The van der Waals surface area contributed by atoms with Gasteiger partial charge in [0, 0.05) is 48.4 Å². The van der Waals surface area contributed by atoms with Gasteiger partial charge in [0.05, 0.1) is 21.4 Å². The number of benzene rings is 4. The summed E-state index contributed by atoms with van der Waals surface area (Å²) >= 11 is 14.4. The molecule has 0 aromatic heterocycles. The molecule has 4 aliphatic heterocycles.